The molecule has 1 aliphatic heterocycles. The van der Waals surface area contributed by atoms with Crippen molar-refractivity contribution in [1.29, 1.82) is 0 Å². The van der Waals surface area contributed by atoms with Crippen molar-refractivity contribution in [2.75, 3.05) is 18.1 Å². The molecule has 5 nitrogen and oxygen atoms in total. The van der Waals surface area contributed by atoms with Crippen molar-refractivity contribution in [2.45, 2.75) is 37.1 Å². The van der Waals surface area contributed by atoms with Crippen molar-refractivity contribution in [3.63, 3.8) is 0 Å². The van der Waals surface area contributed by atoms with E-state index >= 15 is 0 Å². The molecular formula is C15H20N2O3S. The second kappa shape index (κ2) is 6.85. The zero-order valence-electron chi connectivity index (χ0n) is 12.3. The molecule has 2 amide bonds. The van der Waals surface area contributed by atoms with Crippen LogP contribution in [0.15, 0.2) is 29.2 Å². The second-order valence-electron chi connectivity index (χ2n) is 5.09. The molecule has 0 spiro atoms. The van der Waals surface area contributed by atoms with E-state index in [1.807, 2.05) is 6.92 Å². The molecule has 1 N–H and O–H groups in total. The number of likely N-dealkylation sites (tertiary alicyclic amines) is 1. The molecule has 21 heavy (non-hydrogen) atoms. The predicted molar refractivity (Wildman–Crippen MR) is 82.4 cm³/mol. The third kappa shape index (κ3) is 3.69. The van der Waals surface area contributed by atoms with Gasteiger partial charge in [0.05, 0.1) is 0 Å². The molecule has 1 aromatic rings. The zero-order valence-corrected chi connectivity index (χ0v) is 13.1. The van der Waals surface area contributed by atoms with Crippen molar-refractivity contribution < 1.29 is 13.8 Å². The predicted octanol–water partition coefficient (Wildman–Crippen LogP) is 1.76. The van der Waals surface area contributed by atoms with Crippen molar-refractivity contribution in [3.8, 4) is 0 Å². The van der Waals surface area contributed by atoms with Crippen molar-refractivity contribution in [3.05, 3.63) is 24.3 Å². The number of carbonyl (C=O) groups excluding carboxylic acids is 2. The summed E-state index contributed by atoms with van der Waals surface area (Å²) in [6.07, 6.45) is 3.51. The average Bonchev–Trinajstić information content (AvgIpc) is 2.86. The number of nitrogens with zero attached hydrogens (tertiary/aromatic N) is 1. The third-order valence-electron chi connectivity index (χ3n) is 3.61. The van der Waals surface area contributed by atoms with E-state index in [1.54, 1.807) is 35.4 Å². The van der Waals surface area contributed by atoms with Crippen molar-refractivity contribution in [1.82, 2.24) is 4.90 Å². The van der Waals surface area contributed by atoms with Gasteiger partial charge in [-0.1, -0.05) is 13.0 Å². The molecule has 0 aliphatic carbocycles. The summed E-state index contributed by atoms with van der Waals surface area (Å²) in [6.45, 7) is 2.54. The first-order valence-electron chi connectivity index (χ1n) is 7.06. The number of rotatable bonds is 5. The normalized spacial score (nSPS) is 17.6. The number of hydrogen-bond acceptors (Lipinski definition) is 3. The van der Waals surface area contributed by atoms with Gasteiger partial charge in [-0.25, -0.2) is 0 Å². The van der Waals surface area contributed by atoms with Crippen LogP contribution in [0.25, 0.3) is 0 Å². The Morgan fingerprint density at radius 1 is 1.48 bits per heavy atom. The molecule has 0 aromatic heterocycles. The minimum absolute atomic E-state index is 0.0420. The highest BCUT2D eigenvalue weighted by Gasteiger charge is 2.31. The van der Waals surface area contributed by atoms with Gasteiger partial charge >= 0.3 is 0 Å². The first-order valence-corrected chi connectivity index (χ1v) is 8.62. The Bertz CT molecular complexity index is 574. The van der Waals surface area contributed by atoms with Crippen LogP contribution in [0, 0.1) is 0 Å². The Morgan fingerprint density at radius 2 is 2.24 bits per heavy atom. The topological polar surface area (TPSA) is 66.5 Å². The first kappa shape index (κ1) is 15.7. The minimum Gasteiger partial charge on any atom is -0.331 e. The largest absolute Gasteiger partial charge is 0.331 e. The second-order valence-corrected chi connectivity index (χ2v) is 6.47. The van der Waals surface area contributed by atoms with Crippen LogP contribution in [-0.4, -0.2) is 39.8 Å². The fourth-order valence-corrected chi connectivity index (χ4v) is 3.09. The van der Waals surface area contributed by atoms with E-state index in [0.29, 0.717) is 30.0 Å². The lowest BCUT2D eigenvalue weighted by atomic mass is 10.1. The first-order chi connectivity index (χ1) is 10.0. The summed E-state index contributed by atoms with van der Waals surface area (Å²) in [6, 6.07) is 6.54. The number of hydrogen-bond donors (Lipinski definition) is 1. The molecule has 1 aliphatic rings. The smallest absolute Gasteiger partial charge is 0.247 e. The Hall–Kier alpha value is -1.69. The molecule has 1 saturated heterocycles. The van der Waals surface area contributed by atoms with E-state index in [2.05, 4.69) is 5.32 Å². The number of benzene rings is 1. The van der Waals surface area contributed by atoms with Gasteiger partial charge in [-0.15, -0.1) is 0 Å². The van der Waals surface area contributed by atoms with Crippen LogP contribution in [-0.2, 0) is 20.4 Å². The maximum Gasteiger partial charge on any atom is 0.247 e. The van der Waals surface area contributed by atoms with Crippen molar-refractivity contribution in [2.24, 2.45) is 0 Å². The van der Waals surface area contributed by atoms with Gasteiger partial charge in [0.25, 0.3) is 0 Å². The molecule has 0 unspecified atom stereocenters. The van der Waals surface area contributed by atoms with Gasteiger partial charge in [0.2, 0.25) is 11.8 Å². The van der Waals surface area contributed by atoms with E-state index in [0.717, 1.165) is 6.42 Å². The van der Waals surface area contributed by atoms with Gasteiger partial charge in [-0.05, 0) is 31.0 Å². The summed E-state index contributed by atoms with van der Waals surface area (Å²) >= 11 is 0. The van der Waals surface area contributed by atoms with Gasteiger partial charge in [-0.3, -0.25) is 13.8 Å². The molecule has 114 valence electrons. The van der Waals surface area contributed by atoms with Crippen LogP contribution in [0.3, 0.4) is 0 Å². The number of nitrogens with one attached hydrogen (secondary N) is 1. The van der Waals surface area contributed by atoms with E-state index < -0.39 is 16.8 Å². The molecule has 0 bridgehead atoms. The third-order valence-corrected chi connectivity index (χ3v) is 4.53. The summed E-state index contributed by atoms with van der Waals surface area (Å²) in [5, 5.41) is 2.82. The highest BCUT2D eigenvalue weighted by molar-refractivity contribution is 7.84. The SMILES string of the molecule is CC[C@H](C(=O)Nc1cccc([S@](C)=O)c1)N1CCCC1=O. The molecule has 0 saturated carbocycles. The standard InChI is InChI=1S/C15H20N2O3S/c1-3-13(17-9-5-8-14(17)18)15(19)16-11-6-4-7-12(10-11)21(2)20/h4,6-7,10,13H,3,5,8-9H2,1-2H3,(H,16,19)/t13-,21+/m1/s1. The zero-order chi connectivity index (χ0) is 15.4. The number of amides is 2. The molecule has 2 rings (SSSR count). The molecule has 0 radical (unpaired) electrons. The maximum absolute atomic E-state index is 12.4. The molecule has 1 fully saturated rings. The molecule has 6 heteroatoms. The van der Waals surface area contributed by atoms with Crippen LogP contribution in [0.1, 0.15) is 26.2 Å². The fraction of sp³-hybridized carbons (Fsp3) is 0.467. The molecule has 2 atom stereocenters. The Morgan fingerprint density at radius 3 is 2.81 bits per heavy atom. The van der Waals surface area contributed by atoms with Crippen LogP contribution in [0.5, 0.6) is 0 Å². The lowest BCUT2D eigenvalue weighted by Gasteiger charge is -2.25. The van der Waals surface area contributed by atoms with E-state index in [-0.39, 0.29) is 11.8 Å². The number of carbonyl (C=O) groups is 2. The van der Waals surface area contributed by atoms with E-state index in [9.17, 15) is 13.8 Å². The highest BCUT2D eigenvalue weighted by Crippen LogP contribution is 2.19. The monoisotopic (exact) mass is 308 g/mol. The summed E-state index contributed by atoms with van der Waals surface area (Å²) in [4.78, 5) is 26.5. The van der Waals surface area contributed by atoms with Crippen LogP contribution >= 0.6 is 0 Å². The van der Waals surface area contributed by atoms with Crippen LogP contribution < -0.4 is 5.32 Å². The Balaban J connectivity index is 2.10. The van der Waals surface area contributed by atoms with Crippen molar-refractivity contribution >= 4 is 28.3 Å². The molecule has 1 heterocycles. The highest BCUT2D eigenvalue weighted by atomic mass is 32.2. The summed E-state index contributed by atoms with van der Waals surface area (Å²) in [5.74, 6) is -0.146. The maximum atomic E-state index is 12.4. The van der Waals surface area contributed by atoms with Gasteiger partial charge < -0.3 is 10.2 Å². The quantitative estimate of drug-likeness (QED) is 0.901. The lowest BCUT2D eigenvalue weighted by molar-refractivity contribution is -0.135. The average molecular weight is 308 g/mol. The minimum atomic E-state index is -1.09. The summed E-state index contributed by atoms with van der Waals surface area (Å²) < 4.78 is 11.5. The van der Waals surface area contributed by atoms with E-state index in [1.165, 1.54) is 0 Å². The van der Waals surface area contributed by atoms with E-state index in [4.69, 9.17) is 0 Å². The summed E-state index contributed by atoms with van der Waals surface area (Å²) in [7, 11) is -1.09. The molecule has 1 aromatic carbocycles. The van der Waals surface area contributed by atoms with Crippen LogP contribution in [0.4, 0.5) is 5.69 Å². The fourth-order valence-electron chi connectivity index (χ4n) is 2.52. The van der Waals surface area contributed by atoms with Gasteiger partial charge in [0, 0.05) is 40.6 Å². The Kier molecular flexibility index (Phi) is 5.12. The van der Waals surface area contributed by atoms with Gasteiger partial charge in [-0.2, -0.15) is 0 Å². The summed E-state index contributed by atoms with van der Waals surface area (Å²) in [5.41, 5.74) is 0.609. The van der Waals surface area contributed by atoms with Gasteiger partial charge in [0.15, 0.2) is 0 Å². The van der Waals surface area contributed by atoms with Gasteiger partial charge in [0.1, 0.15) is 6.04 Å². The molecular weight excluding hydrogens is 288 g/mol. The number of anilines is 1. The lowest BCUT2D eigenvalue weighted by Crippen LogP contribution is -2.44. The van der Waals surface area contributed by atoms with Crippen LogP contribution in [0.2, 0.25) is 0 Å². The Labute approximate surface area is 127 Å².